The number of carbonyl (C=O) groups is 2. The summed E-state index contributed by atoms with van der Waals surface area (Å²) in [4.78, 5) is 23.2. The predicted molar refractivity (Wildman–Crippen MR) is 106 cm³/mol. The molecule has 3 aromatic rings. The van der Waals surface area contributed by atoms with Crippen molar-refractivity contribution in [3.05, 3.63) is 54.0 Å². The molecule has 1 aromatic carbocycles. The van der Waals surface area contributed by atoms with Crippen LogP contribution in [-0.4, -0.2) is 45.9 Å². The Hall–Kier alpha value is -3.07. The second-order valence-electron chi connectivity index (χ2n) is 6.08. The molecule has 3 rings (SSSR count). The zero-order chi connectivity index (χ0) is 19.9. The van der Waals surface area contributed by atoms with Gasteiger partial charge in [-0.1, -0.05) is 35.5 Å². The summed E-state index contributed by atoms with van der Waals surface area (Å²) in [5.74, 6) is 1.09. The Bertz CT molecular complexity index is 952. The SMILES string of the molecule is CNC(=O)CNC(=O)CSc1nnc(-c2cccc(C)c2)n1Cc1ccco1. The predicted octanol–water partition coefficient (Wildman–Crippen LogP) is 1.85. The molecular weight excluding hydrogens is 378 g/mol. The van der Waals surface area contributed by atoms with Crippen molar-refractivity contribution >= 4 is 23.6 Å². The molecule has 0 unspecified atom stereocenters. The van der Waals surface area contributed by atoms with Crippen LogP contribution in [0.15, 0.2) is 52.2 Å². The number of hydrogen-bond donors (Lipinski definition) is 2. The van der Waals surface area contributed by atoms with Crippen LogP contribution in [0.5, 0.6) is 0 Å². The van der Waals surface area contributed by atoms with Gasteiger partial charge in [-0.15, -0.1) is 10.2 Å². The van der Waals surface area contributed by atoms with Crippen molar-refractivity contribution in [1.82, 2.24) is 25.4 Å². The number of aryl methyl sites for hydroxylation is 1. The highest BCUT2D eigenvalue weighted by atomic mass is 32.2. The lowest BCUT2D eigenvalue weighted by atomic mass is 10.1. The minimum Gasteiger partial charge on any atom is -0.467 e. The molecule has 0 aliphatic heterocycles. The largest absolute Gasteiger partial charge is 0.467 e. The maximum atomic E-state index is 12.0. The van der Waals surface area contributed by atoms with Crippen LogP contribution in [0.2, 0.25) is 0 Å². The summed E-state index contributed by atoms with van der Waals surface area (Å²) in [6.45, 7) is 2.41. The third-order valence-electron chi connectivity index (χ3n) is 3.94. The lowest BCUT2D eigenvalue weighted by Crippen LogP contribution is -2.36. The molecule has 0 spiro atoms. The van der Waals surface area contributed by atoms with Gasteiger partial charge in [-0.05, 0) is 25.1 Å². The standard InChI is InChI=1S/C19H21N5O3S/c1-13-5-3-6-14(9-13)18-22-23-19(24(18)11-15-7-4-8-27-15)28-12-17(26)21-10-16(25)20-2/h3-9H,10-12H2,1-2H3,(H,20,25)(H,21,26). The van der Waals surface area contributed by atoms with Crippen molar-refractivity contribution < 1.29 is 14.0 Å². The van der Waals surface area contributed by atoms with Gasteiger partial charge in [-0.3, -0.25) is 14.2 Å². The first-order chi connectivity index (χ1) is 13.6. The smallest absolute Gasteiger partial charge is 0.239 e. The average molecular weight is 399 g/mol. The second-order valence-corrected chi connectivity index (χ2v) is 7.02. The van der Waals surface area contributed by atoms with Crippen molar-refractivity contribution in [3.8, 4) is 11.4 Å². The average Bonchev–Trinajstić information content (AvgIpc) is 3.35. The summed E-state index contributed by atoms with van der Waals surface area (Å²) in [7, 11) is 1.52. The van der Waals surface area contributed by atoms with Gasteiger partial charge >= 0.3 is 0 Å². The van der Waals surface area contributed by atoms with Crippen molar-refractivity contribution in [2.24, 2.45) is 0 Å². The Labute approximate surface area is 166 Å². The van der Waals surface area contributed by atoms with Crippen LogP contribution in [-0.2, 0) is 16.1 Å². The fraction of sp³-hybridized carbons (Fsp3) is 0.263. The van der Waals surface area contributed by atoms with E-state index >= 15 is 0 Å². The molecule has 146 valence electrons. The van der Waals surface area contributed by atoms with E-state index in [0.29, 0.717) is 17.5 Å². The third kappa shape index (κ3) is 5.01. The Morgan fingerprint density at radius 3 is 2.75 bits per heavy atom. The fourth-order valence-electron chi connectivity index (χ4n) is 2.54. The van der Waals surface area contributed by atoms with E-state index in [1.54, 1.807) is 6.26 Å². The number of hydrogen-bond acceptors (Lipinski definition) is 6. The molecule has 2 N–H and O–H groups in total. The van der Waals surface area contributed by atoms with E-state index in [9.17, 15) is 9.59 Å². The zero-order valence-electron chi connectivity index (χ0n) is 15.6. The van der Waals surface area contributed by atoms with Gasteiger partial charge in [0.1, 0.15) is 5.76 Å². The highest BCUT2D eigenvalue weighted by Crippen LogP contribution is 2.25. The number of benzene rings is 1. The van der Waals surface area contributed by atoms with E-state index < -0.39 is 0 Å². The number of nitrogens with zero attached hydrogens (tertiary/aromatic N) is 3. The first kappa shape index (κ1) is 19.7. The third-order valence-corrected chi connectivity index (χ3v) is 4.91. The first-order valence-corrected chi connectivity index (χ1v) is 9.68. The van der Waals surface area contributed by atoms with Gasteiger partial charge in [0.2, 0.25) is 11.8 Å². The van der Waals surface area contributed by atoms with E-state index in [2.05, 4.69) is 20.8 Å². The van der Waals surface area contributed by atoms with Gasteiger partial charge in [-0.25, -0.2) is 0 Å². The van der Waals surface area contributed by atoms with Gasteiger partial charge in [0, 0.05) is 12.6 Å². The summed E-state index contributed by atoms with van der Waals surface area (Å²) < 4.78 is 7.39. The summed E-state index contributed by atoms with van der Waals surface area (Å²) in [6, 6.07) is 11.7. The van der Waals surface area contributed by atoms with Gasteiger partial charge < -0.3 is 15.1 Å². The molecule has 2 heterocycles. The molecule has 0 saturated heterocycles. The molecule has 28 heavy (non-hydrogen) atoms. The first-order valence-electron chi connectivity index (χ1n) is 8.69. The maximum absolute atomic E-state index is 12.0. The molecule has 8 nitrogen and oxygen atoms in total. The molecule has 0 fully saturated rings. The summed E-state index contributed by atoms with van der Waals surface area (Å²) >= 11 is 1.26. The molecule has 0 aliphatic carbocycles. The monoisotopic (exact) mass is 399 g/mol. The number of carbonyl (C=O) groups excluding carboxylic acids is 2. The Kier molecular flexibility index (Phi) is 6.49. The summed E-state index contributed by atoms with van der Waals surface area (Å²) in [6.07, 6.45) is 1.62. The van der Waals surface area contributed by atoms with Crippen molar-refractivity contribution in [2.75, 3.05) is 19.3 Å². The van der Waals surface area contributed by atoms with E-state index in [1.807, 2.05) is 47.9 Å². The van der Waals surface area contributed by atoms with Gasteiger partial charge in [-0.2, -0.15) is 0 Å². The van der Waals surface area contributed by atoms with Crippen LogP contribution >= 0.6 is 11.8 Å². The van der Waals surface area contributed by atoms with Gasteiger partial charge in [0.15, 0.2) is 11.0 Å². The molecule has 0 atom stereocenters. The van der Waals surface area contributed by atoms with Crippen LogP contribution in [0.3, 0.4) is 0 Å². The summed E-state index contributed by atoms with van der Waals surface area (Å²) in [5.41, 5.74) is 2.06. The minimum absolute atomic E-state index is 0.0521. The van der Waals surface area contributed by atoms with E-state index in [4.69, 9.17) is 4.42 Å². The lowest BCUT2D eigenvalue weighted by Gasteiger charge is -2.09. The molecule has 0 bridgehead atoms. The van der Waals surface area contributed by atoms with E-state index in [-0.39, 0.29) is 24.1 Å². The number of aromatic nitrogens is 3. The van der Waals surface area contributed by atoms with Crippen molar-refractivity contribution in [1.29, 1.82) is 0 Å². The highest BCUT2D eigenvalue weighted by molar-refractivity contribution is 7.99. The summed E-state index contributed by atoms with van der Waals surface area (Å²) in [5, 5.41) is 14.2. The van der Waals surface area contributed by atoms with E-state index in [1.165, 1.54) is 18.8 Å². The molecule has 9 heteroatoms. The number of likely N-dealkylation sites (N-methyl/N-ethyl adjacent to an activating group) is 1. The molecule has 0 radical (unpaired) electrons. The van der Waals surface area contributed by atoms with Crippen molar-refractivity contribution in [3.63, 3.8) is 0 Å². The van der Waals surface area contributed by atoms with Crippen LogP contribution in [0, 0.1) is 6.92 Å². The zero-order valence-corrected chi connectivity index (χ0v) is 16.5. The van der Waals surface area contributed by atoms with Gasteiger partial charge in [0.25, 0.3) is 0 Å². The number of furan rings is 1. The Morgan fingerprint density at radius 1 is 1.18 bits per heavy atom. The van der Waals surface area contributed by atoms with Crippen LogP contribution in [0.1, 0.15) is 11.3 Å². The molecule has 2 amide bonds. The normalized spacial score (nSPS) is 10.6. The maximum Gasteiger partial charge on any atom is 0.239 e. The van der Waals surface area contributed by atoms with Crippen LogP contribution < -0.4 is 10.6 Å². The Morgan fingerprint density at radius 2 is 2.04 bits per heavy atom. The van der Waals surface area contributed by atoms with E-state index in [0.717, 1.165) is 16.9 Å². The number of rotatable bonds is 8. The fourth-order valence-corrected chi connectivity index (χ4v) is 3.31. The van der Waals surface area contributed by atoms with Crippen molar-refractivity contribution in [2.45, 2.75) is 18.6 Å². The topological polar surface area (TPSA) is 102 Å². The molecule has 0 saturated carbocycles. The highest BCUT2D eigenvalue weighted by Gasteiger charge is 2.17. The second kappa shape index (κ2) is 9.23. The lowest BCUT2D eigenvalue weighted by molar-refractivity contribution is -0.124. The number of nitrogens with one attached hydrogen (secondary N) is 2. The molecule has 0 aliphatic rings. The molecule has 2 aromatic heterocycles. The molecular formula is C19H21N5O3S. The van der Waals surface area contributed by atoms with Gasteiger partial charge in [0.05, 0.1) is 25.1 Å². The number of amides is 2. The Balaban J connectivity index is 1.78. The number of thioether (sulfide) groups is 1. The quantitative estimate of drug-likeness (QED) is 0.561. The minimum atomic E-state index is -0.252. The van der Waals surface area contributed by atoms with Crippen LogP contribution in [0.4, 0.5) is 0 Å². The van der Waals surface area contributed by atoms with Crippen LogP contribution in [0.25, 0.3) is 11.4 Å².